The smallest absolute Gasteiger partial charge is 0.0210 e. The number of hydrogen-bond donors (Lipinski definition) is 0. The zero-order valence-corrected chi connectivity index (χ0v) is 9.10. The standard InChI is InChI=1S/C13H21N/c1-2-3-6-11-14-12-7-10-13(14)8-4-5-9-13/h1H,3-12H2. The highest BCUT2D eigenvalue weighted by molar-refractivity contribution is 4.99. The van der Waals surface area contributed by atoms with Crippen molar-refractivity contribution in [2.75, 3.05) is 13.1 Å². The molecule has 1 saturated carbocycles. The number of terminal acetylenes is 1. The molecule has 0 aromatic rings. The summed E-state index contributed by atoms with van der Waals surface area (Å²) in [6.45, 7) is 2.56. The number of rotatable bonds is 3. The van der Waals surface area contributed by atoms with Crippen LogP contribution in [0.15, 0.2) is 0 Å². The van der Waals surface area contributed by atoms with E-state index in [0.717, 1.165) is 6.42 Å². The summed E-state index contributed by atoms with van der Waals surface area (Å²) >= 11 is 0. The summed E-state index contributed by atoms with van der Waals surface area (Å²) in [5, 5.41) is 0. The molecule has 1 nitrogen and oxygen atoms in total. The maximum atomic E-state index is 5.29. The molecule has 0 bridgehead atoms. The lowest BCUT2D eigenvalue weighted by Gasteiger charge is -2.35. The SMILES string of the molecule is C#CCCCN1CCCC12CCCC2. The van der Waals surface area contributed by atoms with E-state index in [1.807, 2.05) is 0 Å². The van der Waals surface area contributed by atoms with Crippen LogP contribution in [0.4, 0.5) is 0 Å². The van der Waals surface area contributed by atoms with Gasteiger partial charge < -0.3 is 0 Å². The first-order valence-electron chi connectivity index (χ1n) is 6.06. The van der Waals surface area contributed by atoms with Crippen molar-refractivity contribution < 1.29 is 0 Å². The van der Waals surface area contributed by atoms with E-state index in [4.69, 9.17) is 6.42 Å². The Bertz CT molecular complexity index is 214. The topological polar surface area (TPSA) is 3.24 Å². The van der Waals surface area contributed by atoms with Gasteiger partial charge in [-0.05, 0) is 45.2 Å². The summed E-state index contributed by atoms with van der Waals surface area (Å²) in [5.41, 5.74) is 0.620. The summed E-state index contributed by atoms with van der Waals surface area (Å²) in [6.07, 6.45) is 16.1. The van der Waals surface area contributed by atoms with E-state index in [0.29, 0.717) is 5.54 Å². The van der Waals surface area contributed by atoms with Crippen molar-refractivity contribution in [3.05, 3.63) is 0 Å². The second kappa shape index (κ2) is 4.36. The van der Waals surface area contributed by atoms with E-state index in [9.17, 15) is 0 Å². The molecule has 78 valence electrons. The summed E-state index contributed by atoms with van der Waals surface area (Å²) < 4.78 is 0. The van der Waals surface area contributed by atoms with Crippen molar-refractivity contribution in [3.63, 3.8) is 0 Å². The van der Waals surface area contributed by atoms with Gasteiger partial charge in [-0.1, -0.05) is 12.8 Å². The largest absolute Gasteiger partial charge is 0.298 e. The maximum Gasteiger partial charge on any atom is 0.0210 e. The minimum Gasteiger partial charge on any atom is -0.298 e. The second-order valence-electron chi connectivity index (χ2n) is 4.83. The van der Waals surface area contributed by atoms with Crippen molar-refractivity contribution >= 4 is 0 Å². The third kappa shape index (κ3) is 1.81. The number of unbranched alkanes of at least 4 members (excludes halogenated alkanes) is 1. The lowest BCUT2D eigenvalue weighted by molar-refractivity contribution is 0.142. The molecule has 1 aliphatic heterocycles. The van der Waals surface area contributed by atoms with Gasteiger partial charge in [0, 0.05) is 12.0 Å². The van der Waals surface area contributed by atoms with Gasteiger partial charge in [0.05, 0.1) is 0 Å². The fourth-order valence-corrected chi connectivity index (χ4v) is 3.31. The Hall–Kier alpha value is -0.480. The van der Waals surface area contributed by atoms with E-state index < -0.39 is 0 Å². The van der Waals surface area contributed by atoms with Crippen LogP contribution in [-0.4, -0.2) is 23.5 Å². The van der Waals surface area contributed by atoms with Gasteiger partial charge in [0.15, 0.2) is 0 Å². The molecule has 0 N–H and O–H groups in total. The molecule has 2 fully saturated rings. The first kappa shape index (κ1) is 10.1. The highest BCUT2D eigenvalue weighted by Crippen LogP contribution is 2.42. The molecule has 1 heteroatoms. The van der Waals surface area contributed by atoms with Crippen molar-refractivity contribution in [2.45, 2.75) is 56.9 Å². The van der Waals surface area contributed by atoms with Crippen LogP contribution in [0.2, 0.25) is 0 Å². The molecule has 2 rings (SSSR count). The highest BCUT2D eigenvalue weighted by atomic mass is 15.2. The quantitative estimate of drug-likeness (QED) is 0.490. The molecule has 1 heterocycles. The Kier molecular flexibility index (Phi) is 3.13. The second-order valence-corrected chi connectivity index (χ2v) is 4.83. The van der Waals surface area contributed by atoms with Crippen molar-refractivity contribution in [2.24, 2.45) is 0 Å². The van der Waals surface area contributed by atoms with Crippen LogP contribution in [-0.2, 0) is 0 Å². The third-order valence-corrected chi connectivity index (χ3v) is 4.02. The van der Waals surface area contributed by atoms with Gasteiger partial charge in [-0.3, -0.25) is 4.90 Å². The maximum absolute atomic E-state index is 5.29. The molecular formula is C13H21N. The van der Waals surface area contributed by atoms with E-state index in [1.165, 1.54) is 58.0 Å². The van der Waals surface area contributed by atoms with Crippen LogP contribution < -0.4 is 0 Å². The first-order valence-corrected chi connectivity index (χ1v) is 6.06. The summed E-state index contributed by atoms with van der Waals surface area (Å²) in [6, 6.07) is 0. The van der Waals surface area contributed by atoms with E-state index in [1.54, 1.807) is 0 Å². The van der Waals surface area contributed by atoms with Gasteiger partial charge in [0.2, 0.25) is 0 Å². The Morgan fingerprint density at radius 2 is 1.86 bits per heavy atom. The fourth-order valence-electron chi connectivity index (χ4n) is 3.31. The van der Waals surface area contributed by atoms with E-state index in [2.05, 4.69) is 10.8 Å². The summed E-state index contributed by atoms with van der Waals surface area (Å²) in [5.74, 6) is 2.74. The number of likely N-dealkylation sites (tertiary alicyclic amines) is 1. The van der Waals surface area contributed by atoms with Gasteiger partial charge >= 0.3 is 0 Å². The van der Waals surface area contributed by atoms with Crippen molar-refractivity contribution in [1.29, 1.82) is 0 Å². The zero-order valence-electron chi connectivity index (χ0n) is 9.10. The number of hydrogen-bond acceptors (Lipinski definition) is 1. The molecule has 1 aliphatic carbocycles. The molecule has 0 aromatic heterocycles. The monoisotopic (exact) mass is 191 g/mol. The molecule has 1 saturated heterocycles. The average Bonchev–Trinajstić information content (AvgIpc) is 2.80. The van der Waals surface area contributed by atoms with Gasteiger partial charge in [-0.2, -0.15) is 0 Å². The Morgan fingerprint density at radius 1 is 1.14 bits per heavy atom. The van der Waals surface area contributed by atoms with Crippen LogP contribution in [0.5, 0.6) is 0 Å². The molecule has 1 spiro atoms. The molecule has 0 unspecified atom stereocenters. The Morgan fingerprint density at radius 3 is 2.57 bits per heavy atom. The molecule has 2 aliphatic rings. The van der Waals surface area contributed by atoms with Gasteiger partial charge in [-0.15, -0.1) is 12.3 Å². The molecule has 0 radical (unpaired) electrons. The summed E-state index contributed by atoms with van der Waals surface area (Å²) in [4.78, 5) is 2.73. The predicted octanol–water partition coefficient (Wildman–Crippen LogP) is 2.81. The molecule has 14 heavy (non-hydrogen) atoms. The lowest BCUT2D eigenvalue weighted by atomic mass is 9.94. The normalized spacial score (nSPS) is 25.6. The zero-order chi connectivity index (χ0) is 9.86. The Labute approximate surface area is 87.9 Å². The molecule has 0 aromatic carbocycles. The molecule has 0 atom stereocenters. The minimum atomic E-state index is 0.620. The van der Waals surface area contributed by atoms with E-state index >= 15 is 0 Å². The van der Waals surface area contributed by atoms with Crippen LogP contribution in [0.25, 0.3) is 0 Å². The number of nitrogens with zero attached hydrogens (tertiary/aromatic N) is 1. The average molecular weight is 191 g/mol. The first-order chi connectivity index (χ1) is 6.87. The predicted molar refractivity (Wildman–Crippen MR) is 60.1 cm³/mol. The van der Waals surface area contributed by atoms with Gasteiger partial charge in [-0.25, -0.2) is 0 Å². The fraction of sp³-hybridized carbons (Fsp3) is 0.846. The Balaban J connectivity index is 1.87. The third-order valence-electron chi connectivity index (χ3n) is 4.02. The minimum absolute atomic E-state index is 0.620. The van der Waals surface area contributed by atoms with E-state index in [-0.39, 0.29) is 0 Å². The lowest BCUT2D eigenvalue weighted by Crippen LogP contribution is -2.41. The van der Waals surface area contributed by atoms with Crippen LogP contribution in [0.1, 0.15) is 51.4 Å². The molecule has 0 amide bonds. The van der Waals surface area contributed by atoms with Crippen molar-refractivity contribution in [1.82, 2.24) is 4.90 Å². The van der Waals surface area contributed by atoms with Gasteiger partial charge in [0.1, 0.15) is 0 Å². The van der Waals surface area contributed by atoms with Crippen molar-refractivity contribution in [3.8, 4) is 12.3 Å². The molecular weight excluding hydrogens is 170 g/mol. The van der Waals surface area contributed by atoms with Crippen LogP contribution >= 0.6 is 0 Å². The van der Waals surface area contributed by atoms with Gasteiger partial charge in [0.25, 0.3) is 0 Å². The summed E-state index contributed by atoms with van der Waals surface area (Å²) in [7, 11) is 0. The van der Waals surface area contributed by atoms with Crippen LogP contribution in [0, 0.1) is 12.3 Å². The highest BCUT2D eigenvalue weighted by Gasteiger charge is 2.41. The van der Waals surface area contributed by atoms with Crippen LogP contribution in [0.3, 0.4) is 0 Å².